The zero-order valence-corrected chi connectivity index (χ0v) is 15.9. The van der Waals surface area contributed by atoms with Crippen molar-refractivity contribution >= 4 is 27.7 Å². The second kappa shape index (κ2) is 8.30. The molecule has 0 saturated heterocycles. The van der Waals surface area contributed by atoms with Crippen LogP contribution in [-0.2, 0) is 11.3 Å². The molecule has 3 aromatic rings. The third kappa shape index (κ3) is 4.91. The predicted molar refractivity (Wildman–Crippen MR) is 101 cm³/mol. The Labute approximate surface area is 163 Å². The summed E-state index contributed by atoms with van der Waals surface area (Å²) >= 11 is 3.38. The van der Waals surface area contributed by atoms with Crippen molar-refractivity contribution in [2.24, 2.45) is 0 Å². The molecular weight excluding hydrogens is 420 g/mol. The Morgan fingerprint density at radius 3 is 2.63 bits per heavy atom. The summed E-state index contributed by atoms with van der Waals surface area (Å²) in [4.78, 5) is 12.4. The molecule has 0 radical (unpaired) electrons. The fourth-order valence-corrected chi connectivity index (χ4v) is 2.63. The van der Waals surface area contributed by atoms with E-state index in [1.165, 1.54) is 13.0 Å². The van der Waals surface area contributed by atoms with Gasteiger partial charge in [0.05, 0.1) is 12.7 Å². The quantitative estimate of drug-likeness (QED) is 0.624. The largest absolute Gasteiger partial charge is 0.481 e. The first kappa shape index (κ1) is 19.0. The lowest BCUT2D eigenvalue weighted by atomic mass is 10.2. The van der Waals surface area contributed by atoms with Crippen LogP contribution >= 0.6 is 15.9 Å². The first-order valence-corrected chi connectivity index (χ1v) is 8.90. The lowest BCUT2D eigenvalue weighted by molar-refractivity contribution is -0.122. The number of benzene rings is 2. The predicted octanol–water partition coefficient (Wildman–Crippen LogP) is 4.38. The van der Waals surface area contributed by atoms with Gasteiger partial charge in [-0.05, 0) is 36.8 Å². The monoisotopic (exact) mass is 435 g/mol. The van der Waals surface area contributed by atoms with Gasteiger partial charge in [0, 0.05) is 16.6 Å². The summed E-state index contributed by atoms with van der Waals surface area (Å²) in [7, 11) is 0. The zero-order valence-electron chi connectivity index (χ0n) is 14.3. The molecule has 0 bridgehead atoms. The van der Waals surface area contributed by atoms with Crippen molar-refractivity contribution in [3.63, 3.8) is 0 Å². The highest BCUT2D eigenvalue weighted by atomic mass is 79.9. The molecule has 0 aliphatic heterocycles. The third-order valence-electron chi connectivity index (χ3n) is 3.79. The normalized spacial score (nSPS) is 11.9. The van der Waals surface area contributed by atoms with Crippen LogP contribution in [-0.4, -0.2) is 21.8 Å². The molecule has 0 fully saturated rings. The molecule has 2 aromatic carbocycles. The number of nitrogens with one attached hydrogen (secondary N) is 1. The van der Waals surface area contributed by atoms with E-state index in [1.807, 2.05) is 24.3 Å². The first-order chi connectivity index (χ1) is 12.9. The van der Waals surface area contributed by atoms with Crippen LogP contribution in [0.4, 0.5) is 14.6 Å². The number of carbonyl (C=O) groups is 1. The van der Waals surface area contributed by atoms with E-state index in [1.54, 1.807) is 16.9 Å². The molecule has 5 nitrogen and oxygen atoms in total. The third-order valence-corrected chi connectivity index (χ3v) is 4.32. The summed E-state index contributed by atoms with van der Waals surface area (Å²) in [6, 6.07) is 12.5. The van der Waals surface area contributed by atoms with Gasteiger partial charge in [-0.3, -0.25) is 4.79 Å². The average molecular weight is 436 g/mol. The Kier molecular flexibility index (Phi) is 5.85. The van der Waals surface area contributed by atoms with Crippen LogP contribution in [0.5, 0.6) is 5.75 Å². The summed E-state index contributed by atoms with van der Waals surface area (Å²) in [6.45, 7) is 2.00. The fraction of sp³-hybridized carbons (Fsp3) is 0.158. The minimum atomic E-state index is -1.03. The van der Waals surface area contributed by atoms with Gasteiger partial charge in [0.25, 0.3) is 5.91 Å². The van der Waals surface area contributed by atoms with Gasteiger partial charge in [-0.15, -0.1) is 0 Å². The highest BCUT2D eigenvalue weighted by Crippen LogP contribution is 2.18. The van der Waals surface area contributed by atoms with Crippen molar-refractivity contribution in [1.82, 2.24) is 9.78 Å². The molecule has 0 aliphatic carbocycles. The SMILES string of the molecule is CC(Oc1ccc(F)c(F)c1)C(=O)Nc1ccnn1Cc1ccc(Br)cc1. The summed E-state index contributed by atoms with van der Waals surface area (Å²) < 4.78 is 34.2. The van der Waals surface area contributed by atoms with Crippen LogP contribution in [0.1, 0.15) is 12.5 Å². The standard InChI is InChI=1S/C19H16BrF2N3O2/c1-12(27-15-6-7-16(21)17(22)10-15)19(26)24-18-8-9-23-25(18)11-13-2-4-14(20)5-3-13/h2-10,12H,11H2,1H3,(H,24,26). The van der Waals surface area contributed by atoms with Crippen LogP contribution < -0.4 is 10.1 Å². The van der Waals surface area contributed by atoms with E-state index >= 15 is 0 Å². The average Bonchev–Trinajstić information content (AvgIpc) is 3.07. The van der Waals surface area contributed by atoms with Gasteiger partial charge in [-0.2, -0.15) is 5.10 Å². The van der Waals surface area contributed by atoms with E-state index in [9.17, 15) is 13.6 Å². The number of ether oxygens (including phenoxy) is 1. The summed E-state index contributed by atoms with van der Waals surface area (Å²) in [6.07, 6.45) is 0.668. The van der Waals surface area contributed by atoms with Gasteiger partial charge < -0.3 is 10.1 Å². The molecule has 0 saturated carbocycles. The highest BCUT2D eigenvalue weighted by Gasteiger charge is 2.17. The first-order valence-electron chi connectivity index (χ1n) is 8.11. The lowest BCUT2D eigenvalue weighted by Gasteiger charge is -2.15. The van der Waals surface area contributed by atoms with Crippen molar-refractivity contribution in [3.8, 4) is 5.75 Å². The number of rotatable bonds is 6. The second-order valence-corrected chi connectivity index (χ2v) is 6.74. The van der Waals surface area contributed by atoms with Gasteiger partial charge in [0.1, 0.15) is 11.6 Å². The molecule has 1 amide bonds. The van der Waals surface area contributed by atoms with Crippen LogP contribution in [0.25, 0.3) is 0 Å². The van der Waals surface area contributed by atoms with Crippen LogP contribution in [0.2, 0.25) is 0 Å². The Morgan fingerprint density at radius 1 is 1.19 bits per heavy atom. The van der Waals surface area contributed by atoms with Crippen LogP contribution in [0, 0.1) is 11.6 Å². The Bertz CT molecular complexity index is 944. The minimum absolute atomic E-state index is 0.0694. The van der Waals surface area contributed by atoms with E-state index in [2.05, 4.69) is 26.3 Å². The number of nitrogens with zero attached hydrogens (tertiary/aromatic N) is 2. The van der Waals surface area contributed by atoms with Crippen molar-refractivity contribution in [2.45, 2.75) is 19.6 Å². The number of anilines is 1. The van der Waals surface area contributed by atoms with E-state index in [0.717, 1.165) is 22.2 Å². The summed E-state index contributed by atoms with van der Waals surface area (Å²) in [5, 5.41) is 6.94. The van der Waals surface area contributed by atoms with Crippen molar-refractivity contribution in [1.29, 1.82) is 0 Å². The van der Waals surface area contributed by atoms with Crippen molar-refractivity contribution in [3.05, 3.63) is 76.4 Å². The number of amides is 1. The number of carbonyl (C=O) groups excluding carboxylic acids is 1. The highest BCUT2D eigenvalue weighted by molar-refractivity contribution is 9.10. The second-order valence-electron chi connectivity index (χ2n) is 5.83. The molecule has 0 aliphatic rings. The van der Waals surface area contributed by atoms with Crippen LogP contribution in [0.15, 0.2) is 59.2 Å². The Balaban J connectivity index is 1.64. The minimum Gasteiger partial charge on any atom is -0.481 e. The van der Waals surface area contributed by atoms with Gasteiger partial charge in [0.15, 0.2) is 17.7 Å². The van der Waals surface area contributed by atoms with Crippen molar-refractivity contribution < 1.29 is 18.3 Å². The molecule has 140 valence electrons. The molecule has 3 rings (SSSR count). The lowest BCUT2D eigenvalue weighted by Crippen LogP contribution is -2.31. The molecule has 0 spiro atoms. The maximum atomic E-state index is 13.3. The topological polar surface area (TPSA) is 56.1 Å². The summed E-state index contributed by atoms with van der Waals surface area (Å²) in [5.41, 5.74) is 1.02. The van der Waals surface area contributed by atoms with Crippen LogP contribution in [0.3, 0.4) is 0 Å². The van der Waals surface area contributed by atoms with E-state index in [-0.39, 0.29) is 5.75 Å². The number of halogens is 3. The van der Waals surface area contributed by atoms with Gasteiger partial charge >= 0.3 is 0 Å². The van der Waals surface area contributed by atoms with Crippen molar-refractivity contribution in [2.75, 3.05) is 5.32 Å². The van der Waals surface area contributed by atoms with E-state index in [0.29, 0.717) is 12.4 Å². The van der Waals surface area contributed by atoms with E-state index < -0.39 is 23.6 Å². The fourth-order valence-electron chi connectivity index (χ4n) is 2.36. The molecule has 1 N–H and O–H groups in total. The maximum Gasteiger partial charge on any atom is 0.266 e. The number of hydrogen-bond donors (Lipinski definition) is 1. The molecule has 1 aromatic heterocycles. The summed E-state index contributed by atoms with van der Waals surface area (Å²) in [5.74, 6) is -1.87. The smallest absolute Gasteiger partial charge is 0.266 e. The van der Waals surface area contributed by atoms with Gasteiger partial charge in [0.2, 0.25) is 0 Å². The van der Waals surface area contributed by atoms with E-state index in [4.69, 9.17) is 4.74 Å². The molecular formula is C19H16BrF2N3O2. The number of aromatic nitrogens is 2. The Hall–Kier alpha value is -2.74. The molecule has 1 unspecified atom stereocenters. The number of hydrogen-bond acceptors (Lipinski definition) is 3. The molecule has 1 atom stereocenters. The molecule has 27 heavy (non-hydrogen) atoms. The molecule has 8 heteroatoms. The maximum absolute atomic E-state index is 13.3. The van der Waals surface area contributed by atoms with Gasteiger partial charge in [-0.25, -0.2) is 13.5 Å². The van der Waals surface area contributed by atoms with Gasteiger partial charge in [-0.1, -0.05) is 28.1 Å². The molecule has 1 heterocycles. The Morgan fingerprint density at radius 2 is 1.93 bits per heavy atom. The zero-order chi connectivity index (χ0) is 19.4.